The number of carboxylic acid groups (broad SMARTS) is 1. The summed E-state index contributed by atoms with van der Waals surface area (Å²) in [6, 6.07) is 0. The summed E-state index contributed by atoms with van der Waals surface area (Å²) < 4.78 is 0. The molecule has 5 nitrogen and oxygen atoms in total. The molecule has 0 aromatic rings. The number of aliphatic hydroxyl groups excluding tert-OH is 3. The van der Waals surface area contributed by atoms with Crippen LogP contribution in [0.2, 0.25) is 0 Å². The molecule has 0 saturated carbocycles. The van der Waals surface area contributed by atoms with Crippen LogP contribution in [0.3, 0.4) is 0 Å². The lowest BCUT2D eigenvalue weighted by Gasteiger charge is -2.14. The minimum Gasteiger partial charge on any atom is -0.481 e. The molecule has 0 saturated heterocycles. The van der Waals surface area contributed by atoms with E-state index in [9.17, 15) is 20.1 Å². The van der Waals surface area contributed by atoms with Gasteiger partial charge in [-0.2, -0.15) is 0 Å². The molecular weight excluding hydrogens is 296 g/mol. The monoisotopic (exact) mass is 330 g/mol. The van der Waals surface area contributed by atoms with E-state index in [1.54, 1.807) is 6.08 Å². The van der Waals surface area contributed by atoms with Gasteiger partial charge in [0, 0.05) is 6.42 Å². The topological polar surface area (TPSA) is 98.0 Å². The Labute approximate surface area is 140 Å². The SMILES string of the molecule is CCCCC[C@@H](O)[C@@H](O)/C=C/[C@@H](O)CCCCCCCC(=O)O. The van der Waals surface area contributed by atoms with Crippen LogP contribution in [0.1, 0.15) is 77.6 Å². The molecule has 0 aromatic carbocycles. The van der Waals surface area contributed by atoms with Crippen molar-refractivity contribution >= 4 is 5.97 Å². The zero-order chi connectivity index (χ0) is 17.5. The average molecular weight is 330 g/mol. The van der Waals surface area contributed by atoms with E-state index >= 15 is 0 Å². The fourth-order valence-electron chi connectivity index (χ4n) is 2.40. The van der Waals surface area contributed by atoms with Gasteiger partial charge in [-0.1, -0.05) is 64.0 Å². The number of rotatable bonds is 15. The second-order valence-electron chi connectivity index (χ2n) is 6.21. The van der Waals surface area contributed by atoms with E-state index in [2.05, 4.69) is 6.92 Å². The van der Waals surface area contributed by atoms with Gasteiger partial charge >= 0.3 is 5.97 Å². The first-order valence-corrected chi connectivity index (χ1v) is 8.91. The van der Waals surface area contributed by atoms with Crippen LogP contribution in [-0.4, -0.2) is 44.7 Å². The van der Waals surface area contributed by atoms with Gasteiger partial charge in [0.15, 0.2) is 0 Å². The first kappa shape index (κ1) is 22.1. The minimum atomic E-state index is -0.919. The summed E-state index contributed by atoms with van der Waals surface area (Å²) in [4.78, 5) is 10.3. The summed E-state index contributed by atoms with van der Waals surface area (Å²) in [6.07, 6.45) is 9.60. The third-order valence-electron chi connectivity index (χ3n) is 3.92. The van der Waals surface area contributed by atoms with Crippen LogP contribution >= 0.6 is 0 Å². The predicted molar refractivity (Wildman–Crippen MR) is 91.3 cm³/mol. The number of aliphatic carboxylic acids is 1. The van der Waals surface area contributed by atoms with Crippen molar-refractivity contribution < 1.29 is 25.2 Å². The van der Waals surface area contributed by atoms with Crippen molar-refractivity contribution in [3.63, 3.8) is 0 Å². The summed E-state index contributed by atoms with van der Waals surface area (Å²) in [5.41, 5.74) is 0. The fourth-order valence-corrected chi connectivity index (χ4v) is 2.40. The molecule has 0 rings (SSSR count). The highest BCUT2D eigenvalue weighted by Crippen LogP contribution is 2.11. The summed E-state index contributed by atoms with van der Waals surface area (Å²) >= 11 is 0. The summed E-state index contributed by atoms with van der Waals surface area (Å²) in [5.74, 6) is -0.749. The molecule has 0 radical (unpaired) electrons. The lowest BCUT2D eigenvalue weighted by Crippen LogP contribution is -2.24. The molecular formula is C18H34O5. The van der Waals surface area contributed by atoms with E-state index in [1.165, 1.54) is 6.08 Å². The summed E-state index contributed by atoms with van der Waals surface area (Å²) in [7, 11) is 0. The van der Waals surface area contributed by atoms with E-state index in [1.807, 2.05) is 0 Å². The molecule has 0 aliphatic heterocycles. The van der Waals surface area contributed by atoms with Gasteiger partial charge in [-0.15, -0.1) is 0 Å². The molecule has 0 aromatic heterocycles. The van der Waals surface area contributed by atoms with Gasteiger partial charge in [-0.05, 0) is 19.3 Å². The maximum atomic E-state index is 10.3. The first-order chi connectivity index (χ1) is 11.0. The largest absolute Gasteiger partial charge is 0.481 e. The molecule has 0 spiro atoms. The predicted octanol–water partition coefficient (Wildman–Crippen LogP) is 3.02. The Hall–Kier alpha value is -0.910. The van der Waals surface area contributed by atoms with Crippen molar-refractivity contribution in [3.05, 3.63) is 12.2 Å². The van der Waals surface area contributed by atoms with Gasteiger partial charge in [0.25, 0.3) is 0 Å². The standard InChI is InChI=1S/C18H34O5/c1-2-3-7-11-16(20)17(21)14-13-15(19)10-8-5-4-6-9-12-18(22)23/h13-17,19-21H,2-12H2,1H3,(H,22,23)/b14-13+/t15-,16+,17-/m0/s1. The van der Waals surface area contributed by atoms with Crippen molar-refractivity contribution in [1.29, 1.82) is 0 Å². The first-order valence-electron chi connectivity index (χ1n) is 8.91. The molecule has 3 atom stereocenters. The Balaban J connectivity index is 3.66. The normalized spacial score (nSPS) is 15.7. The second-order valence-corrected chi connectivity index (χ2v) is 6.21. The van der Waals surface area contributed by atoms with E-state index in [0.29, 0.717) is 19.3 Å². The van der Waals surface area contributed by atoms with Gasteiger partial charge in [0.2, 0.25) is 0 Å². The molecule has 136 valence electrons. The third kappa shape index (κ3) is 14.4. The maximum Gasteiger partial charge on any atom is 0.303 e. The maximum absolute atomic E-state index is 10.3. The molecule has 0 aliphatic rings. The van der Waals surface area contributed by atoms with E-state index in [4.69, 9.17) is 5.11 Å². The van der Waals surface area contributed by atoms with Crippen LogP contribution in [0.4, 0.5) is 0 Å². The van der Waals surface area contributed by atoms with Gasteiger partial charge < -0.3 is 20.4 Å². The molecule has 0 heterocycles. The van der Waals surface area contributed by atoms with Crippen LogP contribution in [0.25, 0.3) is 0 Å². The second kappa shape index (κ2) is 14.7. The van der Waals surface area contributed by atoms with Crippen molar-refractivity contribution in [2.45, 2.75) is 95.9 Å². The number of aliphatic hydroxyl groups is 3. The van der Waals surface area contributed by atoms with Crippen LogP contribution in [-0.2, 0) is 4.79 Å². The van der Waals surface area contributed by atoms with Crippen molar-refractivity contribution in [2.75, 3.05) is 0 Å². The van der Waals surface area contributed by atoms with Crippen LogP contribution in [0, 0.1) is 0 Å². The summed E-state index contributed by atoms with van der Waals surface area (Å²) in [6.45, 7) is 2.09. The zero-order valence-electron chi connectivity index (χ0n) is 14.4. The van der Waals surface area contributed by atoms with Crippen molar-refractivity contribution in [2.24, 2.45) is 0 Å². The number of unbranched alkanes of at least 4 members (excludes halogenated alkanes) is 6. The molecule has 0 amide bonds. The van der Waals surface area contributed by atoms with Crippen LogP contribution in [0.15, 0.2) is 12.2 Å². The molecule has 0 bridgehead atoms. The lowest BCUT2D eigenvalue weighted by molar-refractivity contribution is -0.137. The Bertz CT molecular complexity index is 317. The third-order valence-corrected chi connectivity index (χ3v) is 3.92. The van der Waals surface area contributed by atoms with Gasteiger partial charge in [0.05, 0.1) is 18.3 Å². The zero-order valence-corrected chi connectivity index (χ0v) is 14.4. The Morgan fingerprint density at radius 3 is 2.13 bits per heavy atom. The fraction of sp³-hybridized carbons (Fsp3) is 0.833. The highest BCUT2D eigenvalue weighted by Gasteiger charge is 2.12. The minimum absolute atomic E-state index is 0.226. The molecule has 4 N–H and O–H groups in total. The van der Waals surface area contributed by atoms with E-state index in [-0.39, 0.29) is 6.42 Å². The highest BCUT2D eigenvalue weighted by molar-refractivity contribution is 5.66. The Kier molecular flexibility index (Phi) is 14.1. The number of carbonyl (C=O) groups is 1. The average Bonchev–Trinajstić information content (AvgIpc) is 2.51. The smallest absolute Gasteiger partial charge is 0.303 e. The van der Waals surface area contributed by atoms with Crippen molar-refractivity contribution in [1.82, 2.24) is 0 Å². The lowest BCUT2D eigenvalue weighted by atomic mass is 10.0. The van der Waals surface area contributed by atoms with Crippen LogP contribution in [0.5, 0.6) is 0 Å². The van der Waals surface area contributed by atoms with Crippen LogP contribution < -0.4 is 0 Å². The number of hydrogen-bond acceptors (Lipinski definition) is 4. The molecule has 0 fully saturated rings. The molecule has 23 heavy (non-hydrogen) atoms. The van der Waals surface area contributed by atoms with Crippen molar-refractivity contribution in [3.8, 4) is 0 Å². The number of carboxylic acids is 1. The van der Waals surface area contributed by atoms with Gasteiger partial charge in [0.1, 0.15) is 0 Å². The summed E-state index contributed by atoms with van der Waals surface area (Å²) in [5, 5.41) is 37.9. The highest BCUT2D eigenvalue weighted by atomic mass is 16.4. The van der Waals surface area contributed by atoms with Gasteiger partial charge in [-0.3, -0.25) is 4.79 Å². The number of hydrogen-bond donors (Lipinski definition) is 4. The molecule has 5 heteroatoms. The Morgan fingerprint density at radius 2 is 1.48 bits per heavy atom. The van der Waals surface area contributed by atoms with E-state index in [0.717, 1.165) is 44.9 Å². The Morgan fingerprint density at radius 1 is 0.870 bits per heavy atom. The van der Waals surface area contributed by atoms with Gasteiger partial charge in [-0.25, -0.2) is 0 Å². The molecule has 0 unspecified atom stereocenters. The van der Waals surface area contributed by atoms with E-state index < -0.39 is 24.3 Å². The quantitative estimate of drug-likeness (QED) is 0.273. The molecule has 0 aliphatic carbocycles.